The number of carbonyl (C=O) groups excluding carboxylic acids is 4. The van der Waals surface area contributed by atoms with Crippen molar-refractivity contribution >= 4 is 46.6 Å². The third-order valence-corrected chi connectivity index (χ3v) is 7.29. The number of hydrogen-bond donors (Lipinski definition) is 6. The molecule has 0 heterocycles. The molecule has 0 spiro atoms. The van der Waals surface area contributed by atoms with Gasteiger partial charge in [-0.15, -0.1) is 0 Å². The van der Waals surface area contributed by atoms with E-state index in [0.717, 1.165) is 24.5 Å². The highest BCUT2D eigenvalue weighted by Crippen LogP contribution is 2.40. The van der Waals surface area contributed by atoms with Crippen LogP contribution in [0.25, 0.3) is 0 Å². The second-order valence-electron chi connectivity index (χ2n) is 10.8. The van der Waals surface area contributed by atoms with Crippen molar-refractivity contribution in [3.63, 3.8) is 0 Å². The quantitative estimate of drug-likeness (QED) is 0.0963. The third kappa shape index (κ3) is 11.3. The molecular formula is C26H38F4IN5O7. The van der Waals surface area contributed by atoms with Crippen LogP contribution in [-0.2, 0) is 25.5 Å². The summed E-state index contributed by atoms with van der Waals surface area (Å²) in [7, 11) is 2.17. The Hall–Kier alpha value is -2.93. The van der Waals surface area contributed by atoms with Gasteiger partial charge < -0.3 is 30.5 Å². The van der Waals surface area contributed by atoms with Crippen LogP contribution in [-0.4, -0.2) is 87.0 Å². The van der Waals surface area contributed by atoms with Crippen molar-refractivity contribution in [2.24, 2.45) is 10.8 Å². The van der Waals surface area contributed by atoms with Crippen molar-refractivity contribution in [1.29, 1.82) is 0 Å². The fourth-order valence-corrected chi connectivity index (χ4v) is 3.95. The van der Waals surface area contributed by atoms with E-state index in [9.17, 15) is 41.8 Å². The van der Waals surface area contributed by atoms with Gasteiger partial charge in [0, 0.05) is 22.6 Å². The van der Waals surface area contributed by atoms with Gasteiger partial charge in [-0.05, 0) is 60.6 Å². The first kappa shape index (κ1) is 38.1. The molecule has 6 N–H and O–H groups in total. The summed E-state index contributed by atoms with van der Waals surface area (Å²) in [6.45, 7) is 2.67. The van der Waals surface area contributed by atoms with Crippen molar-refractivity contribution in [3.05, 3.63) is 33.4 Å². The Morgan fingerprint density at radius 1 is 0.977 bits per heavy atom. The smallest absolute Gasteiger partial charge is 0.407 e. The molecule has 4 atom stereocenters. The average Bonchev–Trinajstić information content (AvgIpc) is 2.93. The van der Waals surface area contributed by atoms with Gasteiger partial charge in [0.05, 0.1) is 31.3 Å². The number of amides is 4. The number of methoxy groups -OCH3 is 1. The van der Waals surface area contributed by atoms with Crippen molar-refractivity contribution < 1.29 is 51.3 Å². The van der Waals surface area contributed by atoms with E-state index in [1.165, 1.54) is 20.9 Å². The van der Waals surface area contributed by atoms with Crippen LogP contribution >= 0.6 is 22.6 Å². The van der Waals surface area contributed by atoms with Gasteiger partial charge in [-0.2, -0.15) is 13.2 Å². The van der Waals surface area contributed by atoms with Gasteiger partial charge in [0.2, 0.25) is 5.91 Å². The number of alkyl halides is 4. The highest BCUT2D eigenvalue weighted by molar-refractivity contribution is 14.1. The molecule has 0 saturated heterocycles. The summed E-state index contributed by atoms with van der Waals surface area (Å²) >= 11 is 2.06. The molecule has 0 aliphatic carbocycles. The first-order valence-corrected chi connectivity index (χ1v) is 14.0. The molecule has 0 saturated carbocycles. The number of hydrazine groups is 1. The molecule has 1 rings (SSSR count). The largest absolute Gasteiger partial charge is 0.453 e. The number of aliphatic hydroxyl groups is 1. The van der Waals surface area contributed by atoms with E-state index in [2.05, 4.69) is 48.8 Å². The van der Waals surface area contributed by atoms with Crippen LogP contribution < -0.4 is 26.8 Å². The minimum atomic E-state index is -4.92. The first-order valence-electron chi connectivity index (χ1n) is 12.9. The van der Waals surface area contributed by atoms with Crippen molar-refractivity contribution in [2.75, 3.05) is 27.4 Å². The van der Waals surface area contributed by atoms with E-state index in [4.69, 9.17) is 4.74 Å². The highest BCUT2D eigenvalue weighted by Gasteiger charge is 2.56. The first-order chi connectivity index (χ1) is 19.8. The monoisotopic (exact) mass is 735 g/mol. The molecule has 1 aromatic rings. The van der Waals surface area contributed by atoms with Gasteiger partial charge in [0.15, 0.2) is 6.10 Å². The summed E-state index contributed by atoms with van der Waals surface area (Å²) < 4.78 is 65.4. The topological polar surface area (TPSA) is 167 Å². The van der Waals surface area contributed by atoms with Crippen LogP contribution in [0, 0.1) is 14.4 Å². The van der Waals surface area contributed by atoms with E-state index >= 15 is 0 Å². The van der Waals surface area contributed by atoms with Crippen LogP contribution in [0.1, 0.15) is 33.3 Å². The van der Waals surface area contributed by atoms with E-state index in [-0.39, 0.29) is 6.42 Å². The second kappa shape index (κ2) is 16.2. The minimum Gasteiger partial charge on any atom is -0.453 e. The van der Waals surface area contributed by atoms with Gasteiger partial charge in [-0.3, -0.25) is 19.4 Å². The fourth-order valence-electron chi connectivity index (χ4n) is 3.59. The summed E-state index contributed by atoms with van der Waals surface area (Å²) in [5, 5.41) is 17.4. The Labute approximate surface area is 260 Å². The number of carbonyl (C=O) groups is 4. The number of alkyl carbamates (subject to hydrolysis) is 2. The van der Waals surface area contributed by atoms with Crippen LogP contribution in [0.4, 0.5) is 27.2 Å². The number of halogens is 5. The maximum atomic E-state index is 13.9. The Morgan fingerprint density at radius 3 is 2.05 bits per heavy atom. The minimum absolute atomic E-state index is 0.0614. The summed E-state index contributed by atoms with van der Waals surface area (Å²) in [6, 6.07) is 3.48. The van der Waals surface area contributed by atoms with Gasteiger partial charge in [0.25, 0.3) is 5.91 Å². The highest BCUT2D eigenvalue weighted by atomic mass is 127. The predicted octanol–water partition coefficient (Wildman–Crippen LogP) is 2.33. The second-order valence-corrected chi connectivity index (χ2v) is 12.1. The lowest BCUT2D eigenvalue weighted by Gasteiger charge is -2.36. The summed E-state index contributed by atoms with van der Waals surface area (Å²) in [6.07, 6.45) is -10.4. The standard InChI is InChI=1S/C26H38F4IN5O7/c1-24(2,13-27)19(43-22(40)32-5)21(39)36-33-12-17(37)16(11-14-7-9-15(31)10-8-14)34-20(38)18(35-23(41)42-6)25(3,4)26(28,29)30/h7-10,16-19,33,37H,11-13H2,1-6H3,(H,32,40)(H,34,38)(H,35,41)(H,36,39)/t16-,17-,18+,19+/m0/s1. The summed E-state index contributed by atoms with van der Waals surface area (Å²) in [4.78, 5) is 49.5. The molecule has 43 heavy (non-hydrogen) atoms. The average molecular weight is 736 g/mol. The van der Waals surface area contributed by atoms with Gasteiger partial charge in [0.1, 0.15) is 6.04 Å². The van der Waals surface area contributed by atoms with Crippen molar-refractivity contribution in [2.45, 2.75) is 64.6 Å². The zero-order valence-electron chi connectivity index (χ0n) is 24.5. The molecule has 244 valence electrons. The number of nitrogens with one attached hydrogen (secondary N) is 5. The lowest BCUT2D eigenvalue weighted by Crippen LogP contribution is -2.62. The van der Waals surface area contributed by atoms with Gasteiger partial charge in [-0.25, -0.2) is 15.0 Å². The summed E-state index contributed by atoms with van der Waals surface area (Å²) in [5.74, 6) is -2.21. The fraction of sp³-hybridized carbons (Fsp3) is 0.615. The van der Waals surface area contributed by atoms with Crippen LogP contribution in [0.2, 0.25) is 0 Å². The van der Waals surface area contributed by atoms with E-state index in [0.29, 0.717) is 5.56 Å². The predicted molar refractivity (Wildman–Crippen MR) is 155 cm³/mol. The van der Waals surface area contributed by atoms with Crippen LogP contribution in [0.15, 0.2) is 24.3 Å². The van der Waals surface area contributed by atoms with Gasteiger partial charge >= 0.3 is 18.4 Å². The zero-order valence-corrected chi connectivity index (χ0v) is 26.7. The zero-order chi connectivity index (χ0) is 33.2. The number of rotatable bonds is 14. The Bertz CT molecular complexity index is 1110. The number of ether oxygens (including phenoxy) is 2. The third-order valence-electron chi connectivity index (χ3n) is 6.57. The molecular weight excluding hydrogens is 697 g/mol. The van der Waals surface area contributed by atoms with Crippen molar-refractivity contribution in [3.8, 4) is 0 Å². The van der Waals surface area contributed by atoms with Crippen LogP contribution in [0.5, 0.6) is 0 Å². The molecule has 0 aromatic heterocycles. The van der Waals surface area contributed by atoms with Gasteiger partial charge in [-0.1, -0.05) is 26.0 Å². The number of benzene rings is 1. The number of hydrogen-bond acceptors (Lipinski definition) is 8. The maximum Gasteiger partial charge on any atom is 0.407 e. The maximum absolute atomic E-state index is 13.9. The Balaban J connectivity index is 3.20. The van der Waals surface area contributed by atoms with E-state index in [1.807, 2.05) is 5.32 Å². The molecule has 4 amide bonds. The molecule has 0 fully saturated rings. The SMILES string of the molecule is CNC(=O)O[C@H](C(=O)NNC[C@H](O)[C@H](Cc1ccc(I)cc1)NC(=O)[C@@H](NC(=O)OC)C(C)(C)C(F)(F)F)C(C)(C)CF. The molecule has 12 nitrogen and oxygen atoms in total. The molecule has 0 aliphatic heterocycles. The lowest BCUT2D eigenvalue weighted by molar-refractivity contribution is -0.220. The van der Waals surface area contributed by atoms with Crippen molar-refractivity contribution in [1.82, 2.24) is 26.8 Å². The summed E-state index contributed by atoms with van der Waals surface area (Å²) in [5.41, 5.74) is 1.05. The van der Waals surface area contributed by atoms with E-state index < -0.39 is 78.5 Å². The molecule has 0 aliphatic rings. The Morgan fingerprint density at radius 2 is 1.56 bits per heavy atom. The lowest BCUT2D eigenvalue weighted by atomic mass is 9.82. The Kier molecular flexibility index (Phi) is 14.4. The normalized spacial score (nSPS) is 14.9. The molecule has 17 heteroatoms. The molecule has 0 radical (unpaired) electrons. The number of aliphatic hydroxyl groups excluding tert-OH is 1. The molecule has 1 aromatic carbocycles. The van der Waals surface area contributed by atoms with Crippen LogP contribution in [0.3, 0.4) is 0 Å². The molecule has 0 unspecified atom stereocenters. The molecule has 0 bridgehead atoms. The van der Waals surface area contributed by atoms with E-state index in [1.54, 1.807) is 24.3 Å².